The van der Waals surface area contributed by atoms with Crippen molar-refractivity contribution in [3.05, 3.63) is 138 Å². The van der Waals surface area contributed by atoms with Gasteiger partial charge in [-0.15, -0.1) is 0 Å². The number of benzene rings is 1. The van der Waals surface area contributed by atoms with Crippen LogP contribution in [0.2, 0.25) is 0 Å². The van der Waals surface area contributed by atoms with Crippen molar-refractivity contribution >= 4 is 0 Å². The van der Waals surface area contributed by atoms with Crippen LogP contribution in [0.15, 0.2) is 69.8 Å². The van der Waals surface area contributed by atoms with E-state index in [1.807, 2.05) is 58.0 Å². The third-order valence-corrected chi connectivity index (χ3v) is 21.6. The molecule has 0 spiro atoms. The molecule has 0 radical (unpaired) electrons. The summed E-state index contributed by atoms with van der Waals surface area (Å²) in [6.45, 7) is 34.2. The topological polar surface area (TPSA) is 143 Å². The monoisotopic (exact) mass is 1190 g/mol. The fraction of sp³-hybridized carbons (Fsp3) is 0.720. The minimum absolute atomic E-state index is 0.0817. The Labute approximate surface area is 525 Å². The summed E-state index contributed by atoms with van der Waals surface area (Å²) in [6, 6.07) is 6.56. The summed E-state index contributed by atoms with van der Waals surface area (Å²) in [6.07, 6.45) is 43.0. The van der Waals surface area contributed by atoms with E-state index in [2.05, 4.69) is 131 Å². The summed E-state index contributed by atoms with van der Waals surface area (Å²) in [5.41, 5.74) is 7.30. The van der Waals surface area contributed by atoms with Gasteiger partial charge < -0.3 is 0 Å². The molecule has 0 unspecified atom stereocenters. The van der Waals surface area contributed by atoms with Crippen molar-refractivity contribution in [1.29, 1.82) is 0 Å². The van der Waals surface area contributed by atoms with Gasteiger partial charge in [0.2, 0.25) is 0 Å². The van der Waals surface area contributed by atoms with E-state index in [-0.39, 0.29) is 5.92 Å². The first-order valence-corrected chi connectivity index (χ1v) is 34.2. The predicted molar refractivity (Wildman–Crippen MR) is 358 cm³/mol. The Bertz CT molecular complexity index is 2730. The Hall–Kier alpha value is -5.13. The maximum absolute atomic E-state index is 11.1. The second kappa shape index (κ2) is 30.6. The molecule has 4 heterocycles. The molecule has 12 nitrogen and oxygen atoms in total. The standard InChI is InChI=1S/C22H40.C16H16N6.C13H22.C9H18.C9H12.C6H9N3O3/c1-16-4-10-19(11-5-16)22(20-12-6-17(2)7-13-20)21-14-8-18(3)9-15-21;1-10-17-4-13(5-18-10)16(14-6-19-11(2)20-7-14)15-8-21-12(3)22-9-15;1-11-4-10-5-12(2,7-11)9-13(3,6-10)8-11;2*1-7-4-8(2)6-9(3)5-7;1-7-4(10)8(2)6(12)9(3)5(7)11/h16-22H,4-15H2,1-3H3;4-9,16H,1-3H3;10H,4-9H2,1-3H3;7-9H,4-6H2,1-3H3;4-6H,1-3H3;1-3H3. The number of hydrogen-bond donors (Lipinski definition) is 0. The van der Waals surface area contributed by atoms with Crippen LogP contribution in [0.5, 0.6) is 0 Å². The van der Waals surface area contributed by atoms with Crippen molar-refractivity contribution in [2.24, 2.45) is 102 Å². The van der Waals surface area contributed by atoms with Crippen LogP contribution in [0.4, 0.5) is 0 Å². The lowest BCUT2D eigenvalue weighted by Gasteiger charge is -2.64. The first kappa shape index (κ1) is 69.3. The van der Waals surface area contributed by atoms with Gasteiger partial charge >= 0.3 is 17.1 Å². The van der Waals surface area contributed by atoms with Gasteiger partial charge in [-0.1, -0.05) is 136 Å². The van der Waals surface area contributed by atoms with Crippen LogP contribution in [0, 0.1) is 123 Å². The van der Waals surface area contributed by atoms with Crippen LogP contribution < -0.4 is 17.1 Å². The molecule has 87 heavy (non-hydrogen) atoms. The molecule has 4 aromatic heterocycles. The molecule has 8 fully saturated rings. The number of aromatic nitrogens is 9. The third kappa shape index (κ3) is 19.7. The van der Waals surface area contributed by atoms with E-state index in [9.17, 15) is 14.4 Å². The SMILES string of the molecule is CC12CC3CC(C)(C1)CC(C)(C3)C2.CC1CC(C)CC(C)C1.CC1CCC(C(C2CCC(C)CC2)C2CCC(C)CC2)CC1.Cc1cc(C)cc(C)c1.Cc1ncc(C(c2cnc(C)nc2)c2cnc(C)nc2)cn1.Cn1c(=O)n(C)c(=O)n(C)c1=O. The molecule has 13 rings (SSSR count). The van der Waals surface area contributed by atoms with Gasteiger partial charge in [0, 0.05) is 80.9 Å². The Morgan fingerprint density at radius 2 is 0.609 bits per heavy atom. The Morgan fingerprint density at radius 1 is 0.379 bits per heavy atom. The summed E-state index contributed by atoms with van der Waals surface area (Å²) in [5.74, 6) is 13.6. The lowest BCUT2D eigenvalue weighted by atomic mass is 9.41. The van der Waals surface area contributed by atoms with Crippen LogP contribution in [0.25, 0.3) is 0 Å². The van der Waals surface area contributed by atoms with E-state index in [0.717, 1.165) is 129 Å². The fourth-order valence-electron chi connectivity index (χ4n) is 18.9. The maximum atomic E-state index is 11.1. The molecule has 0 aliphatic heterocycles. The first-order valence-electron chi connectivity index (χ1n) is 34.2. The summed E-state index contributed by atoms with van der Waals surface area (Å²) in [4.78, 5) is 59.0. The minimum Gasteiger partial charge on any atom is -0.248 e. The minimum atomic E-state index is -0.608. The highest BCUT2D eigenvalue weighted by atomic mass is 16.2. The number of nitrogens with zero attached hydrogens (tertiary/aromatic N) is 9. The summed E-state index contributed by atoms with van der Waals surface area (Å²) >= 11 is 0. The molecule has 8 aliphatic carbocycles. The van der Waals surface area contributed by atoms with Crippen LogP contribution in [0.1, 0.15) is 254 Å². The quantitative estimate of drug-likeness (QED) is 0.162. The van der Waals surface area contributed by atoms with Crippen molar-refractivity contribution in [3.63, 3.8) is 0 Å². The van der Waals surface area contributed by atoms with Crippen LogP contribution in [-0.4, -0.2) is 43.6 Å². The van der Waals surface area contributed by atoms with Crippen LogP contribution in [0.3, 0.4) is 0 Å². The normalized spacial score (nSPS) is 30.9. The van der Waals surface area contributed by atoms with Gasteiger partial charge in [0.1, 0.15) is 17.5 Å². The van der Waals surface area contributed by atoms with Gasteiger partial charge in [-0.3, -0.25) is 0 Å². The molecule has 1 aromatic carbocycles. The lowest BCUT2D eigenvalue weighted by Crippen LogP contribution is -2.53. The molecular weight excluding hydrogens is 1070 g/mol. The van der Waals surface area contributed by atoms with E-state index in [1.54, 1.807) is 38.5 Å². The van der Waals surface area contributed by atoms with Crippen LogP contribution in [-0.2, 0) is 21.1 Å². The molecule has 5 aromatic rings. The van der Waals surface area contributed by atoms with Crippen molar-refractivity contribution in [2.45, 2.75) is 245 Å². The second-order valence-corrected chi connectivity index (χ2v) is 31.4. The summed E-state index contributed by atoms with van der Waals surface area (Å²) in [5, 5.41) is 0. The molecule has 0 N–H and O–H groups in total. The zero-order valence-corrected chi connectivity index (χ0v) is 57.7. The average molecular weight is 1190 g/mol. The molecule has 12 heteroatoms. The van der Waals surface area contributed by atoms with Crippen molar-refractivity contribution in [1.82, 2.24) is 43.6 Å². The predicted octanol–water partition coefficient (Wildman–Crippen LogP) is 16.7. The highest BCUT2D eigenvalue weighted by Crippen LogP contribution is 2.69. The smallest absolute Gasteiger partial charge is 0.248 e. The summed E-state index contributed by atoms with van der Waals surface area (Å²) < 4.78 is 2.63. The van der Waals surface area contributed by atoms with Crippen molar-refractivity contribution in [2.75, 3.05) is 0 Å². The number of hydrogen-bond acceptors (Lipinski definition) is 9. The molecule has 0 atom stereocenters. The zero-order valence-electron chi connectivity index (χ0n) is 57.7. The van der Waals surface area contributed by atoms with Gasteiger partial charge in [0.05, 0.1) is 0 Å². The van der Waals surface area contributed by atoms with E-state index in [1.165, 1.54) is 134 Å². The van der Waals surface area contributed by atoms with E-state index < -0.39 is 17.1 Å². The number of rotatable bonds is 6. The molecule has 0 amide bonds. The molecule has 8 aliphatic rings. The molecule has 4 bridgehead atoms. The van der Waals surface area contributed by atoms with Gasteiger partial charge in [-0.2, -0.15) is 0 Å². The summed E-state index contributed by atoms with van der Waals surface area (Å²) in [7, 11) is 3.97. The molecular formula is C75H117N9O3. The second-order valence-electron chi connectivity index (χ2n) is 31.4. The van der Waals surface area contributed by atoms with Gasteiger partial charge in [0.15, 0.2) is 0 Å². The lowest BCUT2D eigenvalue weighted by molar-refractivity contribution is -0.136. The molecule has 480 valence electrons. The highest BCUT2D eigenvalue weighted by Gasteiger charge is 2.58. The number of aryl methyl sites for hydroxylation is 6. The van der Waals surface area contributed by atoms with E-state index in [0.29, 0.717) is 0 Å². The average Bonchev–Trinajstić information content (AvgIpc) is 0.740. The van der Waals surface area contributed by atoms with Crippen molar-refractivity contribution in [3.8, 4) is 0 Å². The van der Waals surface area contributed by atoms with Gasteiger partial charge in [-0.25, -0.2) is 58.0 Å². The highest BCUT2D eigenvalue weighted by molar-refractivity contribution is 5.38. The Balaban J connectivity index is 0.000000155. The molecule has 8 saturated carbocycles. The largest absolute Gasteiger partial charge is 0.335 e. The van der Waals surface area contributed by atoms with E-state index >= 15 is 0 Å². The van der Waals surface area contributed by atoms with E-state index in [4.69, 9.17) is 0 Å². The fourth-order valence-corrected chi connectivity index (χ4v) is 18.9. The molecule has 0 saturated heterocycles. The third-order valence-electron chi connectivity index (χ3n) is 21.6. The maximum Gasteiger partial charge on any atom is 0.335 e. The Kier molecular flexibility index (Phi) is 24.4. The van der Waals surface area contributed by atoms with Gasteiger partial charge in [-0.05, 0) is 219 Å². The van der Waals surface area contributed by atoms with Gasteiger partial charge in [0.25, 0.3) is 0 Å². The van der Waals surface area contributed by atoms with Crippen LogP contribution >= 0.6 is 0 Å². The van der Waals surface area contributed by atoms with Crippen molar-refractivity contribution < 1.29 is 0 Å². The first-order chi connectivity index (χ1) is 41.0. The Morgan fingerprint density at radius 3 is 0.828 bits per heavy atom. The zero-order chi connectivity index (χ0) is 63.5.